The number of pyridine rings is 1. The van der Waals surface area contributed by atoms with Crippen LogP contribution in [0.1, 0.15) is 35.0 Å². The van der Waals surface area contributed by atoms with E-state index in [1.54, 1.807) is 11.0 Å². The lowest BCUT2D eigenvalue weighted by molar-refractivity contribution is -0.133. The summed E-state index contributed by atoms with van der Waals surface area (Å²) in [5.74, 6) is -0.0872. The van der Waals surface area contributed by atoms with Crippen LogP contribution in [-0.2, 0) is 22.5 Å². The average Bonchev–Trinajstić information content (AvgIpc) is 3.10. The van der Waals surface area contributed by atoms with Crippen LogP contribution in [0.2, 0.25) is 0 Å². The highest BCUT2D eigenvalue weighted by Gasteiger charge is 2.43. The van der Waals surface area contributed by atoms with Gasteiger partial charge in [-0.25, -0.2) is 0 Å². The number of rotatable bonds is 4. The molecule has 0 aliphatic carbocycles. The number of hydrogen-bond acceptors (Lipinski definition) is 4. The topological polar surface area (TPSA) is 82.7 Å². The van der Waals surface area contributed by atoms with E-state index < -0.39 is 0 Å². The third-order valence-electron chi connectivity index (χ3n) is 5.67. The maximum atomic E-state index is 13.2. The first-order valence-corrected chi connectivity index (χ1v) is 10.0. The summed E-state index contributed by atoms with van der Waals surface area (Å²) in [5.41, 5.74) is 1.98. The number of carbonyl (C=O) groups is 2. The van der Waals surface area contributed by atoms with E-state index in [2.05, 4.69) is 4.98 Å². The highest BCUT2D eigenvalue weighted by Crippen LogP contribution is 2.26. The first-order chi connectivity index (χ1) is 14.1. The molecule has 2 aliphatic rings. The van der Waals surface area contributed by atoms with Crippen LogP contribution < -0.4 is 5.56 Å². The van der Waals surface area contributed by atoms with E-state index in [1.807, 2.05) is 42.2 Å². The van der Waals surface area contributed by atoms with Crippen LogP contribution in [-0.4, -0.2) is 58.4 Å². The predicted octanol–water partition coefficient (Wildman–Crippen LogP) is 1.58. The van der Waals surface area contributed by atoms with Crippen molar-refractivity contribution in [3.8, 4) is 0 Å². The van der Waals surface area contributed by atoms with E-state index in [-0.39, 0.29) is 29.5 Å². The van der Waals surface area contributed by atoms with Crippen LogP contribution in [0.4, 0.5) is 0 Å². The van der Waals surface area contributed by atoms with E-state index in [0.29, 0.717) is 50.3 Å². The largest absolute Gasteiger partial charge is 0.374 e. The van der Waals surface area contributed by atoms with Gasteiger partial charge in [-0.1, -0.05) is 37.3 Å². The van der Waals surface area contributed by atoms with Gasteiger partial charge in [0.05, 0.1) is 30.7 Å². The van der Waals surface area contributed by atoms with Gasteiger partial charge >= 0.3 is 0 Å². The number of aryl methyl sites for hydroxylation is 1. The lowest BCUT2D eigenvalue weighted by Gasteiger charge is -2.29. The lowest BCUT2D eigenvalue weighted by Crippen LogP contribution is -2.45. The van der Waals surface area contributed by atoms with E-state index in [1.165, 1.54) is 6.07 Å². The van der Waals surface area contributed by atoms with Crippen molar-refractivity contribution in [2.24, 2.45) is 0 Å². The van der Waals surface area contributed by atoms with Gasteiger partial charge in [0.2, 0.25) is 11.5 Å². The Morgan fingerprint density at radius 2 is 1.93 bits per heavy atom. The lowest BCUT2D eigenvalue weighted by atomic mass is 10.1. The Kier molecular flexibility index (Phi) is 5.49. The minimum atomic E-state index is -0.215. The number of hydrogen-bond donors (Lipinski definition) is 1. The normalized spacial score (nSPS) is 21.8. The summed E-state index contributed by atoms with van der Waals surface area (Å²) in [4.78, 5) is 43.8. The van der Waals surface area contributed by atoms with Crippen LogP contribution in [0.3, 0.4) is 0 Å². The average molecular weight is 395 g/mol. The molecule has 1 aromatic carbocycles. The second kappa shape index (κ2) is 8.21. The third kappa shape index (κ3) is 3.96. The Bertz CT molecular complexity index is 956. The van der Waals surface area contributed by atoms with Crippen molar-refractivity contribution in [3.05, 3.63) is 69.6 Å². The molecule has 2 aliphatic heterocycles. The number of carbonyl (C=O) groups excluding carboxylic acids is 2. The van der Waals surface area contributed by atoms with E-state index >= 15 is 0 Å². The van der Waals surface area contributed by atoms with Gasteiger partial charge in [0.1, 0.15) is 0 Å². The van der Waals surface area contributed by atoms with Crippen LogP contribution in [0.25, 0.3) is 0 Å². The molecule has 29 heavy (non-hydrogen) atoms. The fourth-order valence-corrected chi connectivity index (χ4v) is 4.16. The molecule has 2 aromatic rings. The molecule has 1 aromatic heterocycles. The molecule has 0 bridgehead atoms. The van der Waals surface area contributed by atoms with Gasteiger partial charge in [0, 0.05) is 31.4 Å². The van der Waals surface area contributed by atoms with E-state index in [0.717, 1.165) is 5.56 Å². The molecule has 7 nitrogen and oxygen atoms in total. The van der Waals surface area contributed by atoms with Crippen molar-refractivity contribution in [1.29, 1.82) is 0 Å². The Labute approximate surface area is 169 Å². The Balaban J connectivity index is 1.57. The van der Waals surface area contributed by atoms with Gasteiger partial charge in [-0.3, -0.25) is 14.4 Å². The van der Waals surface area contributed by atoms with Crippen LogP contribution >= 0.6 is 0 Å². The molecular weight excluding hydrogens is 370 g/mol. The molecule has 0 unspecified atom stereocenters. The van der Waals surface area contributed by atoms with Crippen molar-refractivity contribution in [2.45, 2.75) is 38.5 Å². The molecular formula is C22H25N3O4. The Morgan fingerprint density at radius 1 is 1.14 bits per heavy atom. The van der Waals surface area contributed by atoms with E-state index in [4.69, 9.17) is 4.74 Å². The predicted molar refractivity (Wildman–Crippen MR) is 107 cm³/mol. The van der Waals surface area contributed by atoms with Gasteiger partial charge in [-0.15, -0.1) is 0 Å². The number of aromatic amines is 1. The summed E-state index contributed by atoms with van der Waals surface area (Å²) >= 11 is 0. The van der Waals surface area contributed by atoms with Gasteiger partial charge in [-0.2, -0.15) is 0 Å². The summed E-state index contributed by atoms with van der Waals surface area (Å²) < 4.78 is 5.94. The minimum absolute atomic E-state index is 0.0499. The smallest absolute Gasteiger partial charge is 0.255 e. The molecule has 4 rings (SSSR count). The van der Waals surface area contributed by atoms with Crippen molar-refractivity contribution in [1.82, 2.24) is 14.8 Å². The Morgan fingerprint density at radius 3 is 2.69 bits per heavy atom. The number of aromatic nitrogens is 1. The molecule has 7 heteroatoms. The number of H-pyrrole nitrogens is 1. The number of benzene rings is 1. The van der Waals surface area contributed by atoms with Gasteiger partial charge in [-0.05, 0) is 18.1 Å². The fourth-order valence-electron chi connectivity index (χ4n) is 4.16. The first-order valence-electron chi connectivity index (χ1n) is 10.0. The van der Waals surface area contributed by atoms with Crippen molar-refractivity contribution < 1.29 is 14.3 Å². The zero-order chi connectivity index (χ0) is 20.4. The van der Waals surface area contributed by atoms with Crippen LogP contribution in [0.15, 0.2) is 47.3 Å². The number of amides is 2. The minimum Gasteiger partial charge on any atom is -0.374 e. The highest BCUT2D eigenvalue weighted by molar-refractivity contribution is 5.95. The fraction of sp³-hybridized carbons (Fsp3) is 0.409. The molecule has 2 atom stereocenters. The third-order valence-corrected chi connectivity index (χ3v) is 5.67. The second-order valence-electron chi connectivity index (χ2n) is 7.51. The maximum absolute atomic E-state index is 13.2. The summed E-state index contributed by atoms with van der Waals surface area (Å²) in [6, 6.07) is 12.6. The van der Waals surface area contributed by atoms with Crippen molar-refractivity contribution in [3.63, 3.8) is 0 Å². The number of fused-ring (bicyclic) bond motifs is 1. The maximum Gasteiger partial charge on any atom is 0.255 e. The van der Waals surface area contributed by atoms with E-state index in [9.17, 15) is 14.4 Å². The molecule has 0 spiro atoms. The molecule has 152 valence electrons. The second-order valence-corrected chi connectivity index (χ2v) is 7.51. The summed E-state index contributed by atoms with van der Waals surface area (Å²) in [5, 5.41) is 0. The first kappa shape index (κ1) is 19.4. The number of likely N-dealkylation sites (tertiary alicyclic amines) is 1. The van der Waals surface area contributed by atoms with Crippen LogP contribution in [0, 0.1) is 0 Å². The quantitative estimate of drug-likeness (QED) is 0.852. The monoisotopic (exact) mass is 395 g/mol. The molecule has 2 amide bonds. The highest BCUT2D eigenvalue weighted by atomic mass is 16.5. The van der Waals surface area contributed by atoms with Gasteiger partial charge < -0.3 is 19.5 Å². The molecule has 0 saturated carbocycles. The van der Waals surface area contributed by atoms with Gasteiger partial charge in [0.15, 0.2) is 0 Å². The molecule has 3 heterocycles. The SMILES string of the molecule is CCc1[nH]c(=O)ccc1C(=O)N1C[C@@H]2OCCC(=O)N(Cc3ccccc3)[C@H]2C1. The standard InChI is InChI=1S/C22H25N3O4/c1-2-17-16(8-9-20(26)23-17)22(28)24-13-18-19(14-24)29-11-10-21(27)25(18)12-15-6-4-3-5-7-15/h3-9,18-19H,2,10-14H2,1H3,(H,23,26)/t18-,19-/m0/s1. The zero-order valence-electron chi connectivity index (χ0n) is 16.5. The number of nitrogens with one attached hydrogen (secondary N) is 1. The summed E-state index contributed by atoms with van der Waals surface area (Å²) in [7, 11) is 0. The molecule has 1 N–H and O–H groups in total. The summed E-state index contributed by atoms with van der Waals surface area (Å²) in [6.45, 7) is 3.63. The van der Waals surface area contributed by atoms with Gasteiger partial charge in [0.25, 0.3) is 5.91 Å². The number of ether oxygens (including phenoxy) is 1. The zero-order valence-corrected chi connectivity index (χ0v) is 16.5. The molecule has 0 radical (unpaired) electrons. The van der Waals surface area contributed by atoms with Crippen molar-refractivity contribution in [2.75, 3.05) is 19.7 Å². The summed E-state index contributed by atoms with van der Waals surface area (Å²) in [6.07, 6.45) is 0.711. The van der Waals surface area contributed by atoms with Crippen molar-refractivity contribution >= 4 is 11.8 Å². The molecule has 2 saturated heterocycles. The Hall–Kier alpha value is -2.93. The number of nitrogens with zero attached hydrogens (tertiary/aromatic N) is 2. The van der Waals surface area contributed by atoms with Crippen LogP contribution in [0.5, 0.6) is 0 Å². The molecule has 2 fully saturated rings.